The van der Waals surface area contributed by atoms with Gasteiger partial charge >= 0.3 is 0 Å². The van der Waals surface area contributed by atoms with Gasteiger partial charge in [0, 0.05) is 11.3 Å². The topological polar surface area (TPSA) is 64.9 Å². The van der Waals surface area contributed by atoms with Gasteiger partial charge in [-0.3, -0.25) is 0 Å². The molecule has 16 heavy (non-hydrogen) atoms. The molecule has 5 heteroatoms. The van der Waals surface area contributed by atoms with Crippen molar-refractivity contribution in [2.24, 2.45) is 0 Å². The van der Waals surface area contributed by atoms with Crippen LogP contribution in [0.1, 0.15) is 17.7 Å². The zero-order valence-corrected chi connectivity index (χ0v) is 10.1. The maximum absolute atomic E-state index is 5.92. The summed E-state index contributed by atoms with van der Waals surface area (Å²) in [5.74, 6) is 1.79. The Morgan fingerprint density at radius 2 is 2.19 bits per heavy atom. The lowest BCUT2D eigenvalue weighted by Gasteiger charge is -2.04. The smallest absolute Gasteiger partial charge is 0.199 e. The van der Waals surface area contributed by atoms with Crippen LogP contribution in [-0.4, -0.2) is 9.97 Å². The Hall–Kier alpha value is -1.36. The number of halogens is 1. The van der Waals surface area contributed by atoms with Gasteiger partial charge < -0.3 is 10.2 Å². The number of fused-ring (bicyclic) bond motifs is 1. The number of hydrogen-bond acceptors (Lipinski definition) is 4. The molecule has 0 amide bonds. The molecule has 2 aromatic rings. The summed E-state index contributed by atoms with van der Waals surface area (Å²) in [7, 11) is 0. The number of hydrogen-bond donors (Lipinski definition) is 1. The number of furan rings is 1. The minimum Gasteiger partial charge on any atom is -0.460 e. The van der Waals surface area contributed by atoms with Crippen molar-refractivity contribution in [1.82, 2.24) is 9.97 Å². The molecule has 0 saturated carbocycles. The van der Waals surface area contributed by atoms with Crippen molar-refractivity contribution in [2.75, 3.05) is 5.73 Å². The summed E-state index contributed by atoms with van der Waals surface area (Å²) in [4.78, 5) is 8.79. The second kappa shape index (κ2) is 3.59. The molecule has 2 aromatic heterocycles. The monoisotopic (exact) mass is 279 g/mol. The SMILES string of the molecule is Nc1nc(-c2occc2Br)nc2c1CCC2. The van der Waals surface area contributed by atoms with Gasteiger partial charge in [0.15, 0.2) is 11.6 Å². The summed E-state index contributed by atoms with van der Waals surface area (Å²) in [5, 5.41) is 0. The van der Waals surface area contributed by atoms with Crippen LogP contribution in [0.25, 0.3) is 11.6 Å². The van der Waals surface area contributed by atoms with Crippen molar-refractivity contribution in [2.45, 2.75) is 19.3 Å². The molecular formula is C11H10BrN3O. The fraction of sp³-hybridized carbons (Fsp3) is 0.273. The molecule has 2 heterocycles. The fourth-order valence-corrected chi connectivity index (χ4v) is 2.40. The van der Waals surface area contributed by atoms with Crippen LogP contribution in [0.15, 0.2) is 21.2 Å². The lowest BCUT2D eigenvalue weighted by molar-refractivity contribution is 0.575. The van der Waals surface area contributed by atoms with Crippen LogP contribution >= 0.6 is 15.9 Å². The summed E-state index contributed by atoms with van der Waals surface area (Å²) < 4.78 is 6.19. The largest absolute Gasteiger partial charge is 0.460 e. The van der Waals surface area contributed by atoms with Crippen molar-refractivity contribution >= 4 is 21.7 Å². The van der Waals surface area contributed by atoms with E-state index in [0.717, 1.165) is 35.0 Å². The van der Waals surface area contributed by atoms with Crippen LogP contribution in [0.4, 0.5) is 5.82 Å². The predicted octanol–water partition coefficient (Wildman–Crippen LogP) is 2.57. The zero-order valence-electron chi connectivity index (χ0n) is 8.53. The molecule has 0 aliphatic heterocycles. The molecule has 2 N–H and O–H groups in total. The standard InChI is InChI=1S/C11H10BrN3O/c12-7-4-5-16-9(7)11-14-8-3-1-2-6(8)10(13)15-11/h4-5H,1-3H2,(H2,13,14,15). The lowest BCUT2D eigenvalue weighted by atomic mass is 10.2. The maximum atomic E-state index is 5.92. The highest BCUT2D eigenvalue weighted by Gasteiger charge is 2.20. The number of nitrogen functional groups attached to an aromatic ring is 1. The predicted molar refractivity (Wildman–Crippen MR) is 63.9 cm³/mol. The third-order valence-corrected chi connectivity index (χ3v) is 3.41. The molecule has 1 aliphatic rings. The van der Waals surface area contributed by atoms with Crippen LogP contribution in [0.5, 0.6) is 0 Å². The van der Waals surface area contributed by atoms with E-state index in [1.54, 1.807) is 6.26 Å². The van der Waals surface area contributed by atoms with Crippen molar-refractivity contribution in [3.8, 4) is 11.6 Å². The second-order valence-corrected chi connectivity index (χ2v) is 4.66. The van der Waals surface area contributed by atoms with E-state index in [1.807, 2.05) is 6.07 Å². The highest BCUT2D eigenvalue weighted by atomic mass is 79.9. The summed E-state index contributed by atoms with van der Waals surface area (Å²) in [6, 6.07) is 1.82. The van der Waals surface area contributed by atoms with Crippen LogP contribution in [-0.2, 0) is 12.8 Å². The summed E-state index contributed by atoms with van der Waals surface area (Å²) in [5.41, 5.74) is 8.08. The maximum Gasteiger partial charge on any atom is 0.199 e. The molecule has 4 nitrogen and oxygen atoms in total. The molecule has 0 spiro atoms. The molecule has 82 valence electrons. The minimum absolute atomic E-state index is 0.565. The molecule has 0 aromatic carbocycles. The average Bonchev–Trinajstić information content (AvgIpc) is 2.85. The first kappa shape index (κ1) is 9.84. The molecule has 0 atom stereocenters. The van der Waals surface area contributed by atoms with Gasteiger partial charge in [0.25, 0.3) is 0 Å². The highest BCUT2D eigenvalue weighted by molar-refractivity contribution is 9.10. The van der Waals surface area contributed by atoms with Gasteiger partial charge in [0.2, 0.25) is 0 Å². The lowest BCUT2D eigenvalue weighted by Crippen LogP contribution is -2.02. The van der Waals surface area contributed by atoms with Crippen LogP contribution in [0.3, 0.4) is 0 Å². The van der Waals surface area contributed by atoms with Gasteiger partial charge in [-0.15, -0.1) is 0 Å². The normalized spacial score (nSPS) is 14.1. The number of rotatable bonds is 1. The summed E-state index contributed by atoms with van der Waals surface area (Å²) in [6.45, 7) is 0. The van der Waals surface area contributed by atoms with Gasteiger partial charge in [0.1, 0.15) is 5.82 Å². The van der Waals surface area contributed by atoms with Gasteiger partial charge in [-0.05, 0) is 41.3 Å². The third kappa shape index (κ3) is 1.43. The summed E-state index contributed by atoms with van der Waals surface area (Å²) in [6.07, 6.45) is 4.68. The Bertz CT molecular complexity index is 550. The Kier molecular flexibility index (Phi) is 2.21. The van der Waals surface area contributed by atoms with Crippen LogP contribution in [0, 0.1) is 0 Å². The molecular weight excluding hydrogens is 270 g/mol. The average molecular weight is 280 g/mol. The van der Waals surface area contributed by atoms with E-state index in [-0.39, 0.29) is 0 Å². The van der Waals surface area contributed by atoms with Crippen molar-refractivity contribution < 1.29 is 4.42 Å². The van der Waals surface area contributed by atoms with E-state index < -0.39 is 0 Å². The van der Waals surface area contributed by atoms with Gasteiger partial charge in [-0.2, -0.15) is 0 Å². The quantitative estimate of drug-likeness (QED) is 0.871. The first-order valence-corrected chi connectivity index (χ1v) is 5.93. The molecule has 0 unspecified atom stereocenters. The first-order chi connectivity index (χ1) is 7.75. The van der Waals surface area contributed by atoms with Crippen LogP contribution < -0.4 is 5.73 Å². The number of nitrogens with two attached hydrogens (primary N) is 1. The van der Waals surface area contributed by atoms with E-state index in [4.69, 9.17) is 10.2 Å². The Balaban J connectivity index is 2.17. The summed E-state index contributed by atoms with van der Waals surface area (Å²) >= 11 is 3.39. The van der Waals surface area contributed by atoms with Crippen molar-refractivity contribution in [3.05, 3.63) is 28.1 Å². The van der Waals surface area contributed by atoms with Crippen molar-refractivity contribution in [1.29, 1.82) is 0 Å². The van der Waals surface area contributed by atoms with Crippen LogP contribution in [0.2, 0.25) is 0 Å². The highest BCUT2D eigenvalue weighted by Crippen LogP contribution is 2.31. The molecule has 3 rings (SSSR count). The Morgan fingerprint density at radius 3 is 2.94 bits per heavy atom. The van der Waals surface area contributed by atoms with E-state index in [0.29, 0.717) is 17.4 Å². The van der Waals surface area contributed by atoms with Gasteiger partial charge in [-0.25, -0.2) is 9.97 Å². The van der Waals surface area contributed by atoms with Gasteiger partial charge in [-0.1, -0.05) is 0 Å². The fourth-order valence-electron chi connectivity index (χ4n) is 2.02. The molecule has 0 bridgehead atoms. The minimum atomic E-state index is 0.565. The molecule has 1 aliphatic carbocycles. The number of anilines is 1. The number of aromatic nitrogens is 2. The second-order valence-electron chi connectivity index (χ2n) is 3.81. The first-order valence-electron chi connectivity index (χ1n) is 5.14. The van der Waals surface area contributed by atoms with Crippen molar-refractivity contribution in [3.63, 3.8) is 0 Å². The Morgan fingerprint density at radius 1 is 1.31 bits per heavy atom. The van der Waals surface area contributed by atoms with Gasteiger partial charge in [0.05, 0.1) is 10.7 Å². The third-order valence-electron chi connectivity index (χ3n) is 2.79. The number of aryl methyl sites for hydroxylation is 1. The van der Waals surface area contributed by atoms with E-state index in [2.05, 4.69) is 25.9 Å². The molecule has 0 radical (unpaired) electrons. The van der Waals surface area contributed by atoms with E-state index >= 15 is 0 Å². The van der Waals surface area contributed by atoms with E-state index in [9.17, 15) is 0 Å². The zero-order chi connectivity index (χ0) is 11.1. The molecule has 0 saturated heterocycles. The van der Waals surface area contributed by atoms with E-state index in [1.165, 1.54) is 0 Å². The number of nitrogens with zero attached hydrogens (tertiary/aromatic N) is 2. The molecule has 0 fully saturated rings. The Labute approximate surface area is 101 Å².